The minimum Gasteiger partial charge on any atom is -0.441 e. The average Bonchev–Trinajstić information content (AvgIpc) is 2.88. The smallest absolute Gasteiger partial charge is 0.410 e. The predicted molar refractivity (Wildman–Crippen MR) is 138 cm³/mol. The zero-order valence-electron chi connectivity index (χ0n) is 20.5. The van der Waals surface area contributed by atoms with Crippen LogP contribution in [0.4, 0.5) is 4.79 Å². The van der Waals surface area contributed by atoms with Crippen molar-refractivity contribution < 1.29 is 9.53 Å². The quantitative estimate of drug-likeness (QED) is 0.406. The number of hydrogen-bond acceptors (Lipinski definition) is 3. The Morgan fingerprint density at radius 3 is 1.97 bits per heavy atom. The van der Waals surface area contributed by atoms with Gasteiger partial charge in [-0.3, -0.25) is 4.90 Å². The Labute approximate surface area is 204 Å². The summed E-state index contributed by atoms with van der Waals surface area (Å²) in [6.45, 7) is 8.77. The Kier molecular flexibility index (Phi) is 8.02. The minimum absolute atomic E-state index is 0.0541. The van der Waals surface area contributed by atoms with E-state index in [9.17, 15) is 4.79 Å². The minimum atomic E-state index is -0.257. The van der Waals surface area contributed by atoms with Gasteiger partial charge in [0, 0.05) is 25.7 Å². The Bertz CT molecular complexity index is 1020. The third-order valence-corrected chi connectivity index (χ3v) is 6.85. The molecule has 1 fully saturated rings. The molecule has 4 heteroatoms. The SMILES string of the molecule is CC(C)[C@H](OC(=O)N1CCN([C@@H](C)c2ccccc2)C[C@H]1Cc1ccccc1)c1ccccc1. The second-order valence-electron chi connectivity index (χ2n) is 9.58. The van der Waals surface area contributed by atoms with E-state index < -0.39 is 0 Å². The second kappa shape index (κ2) is 11.3. The molecule has 0 saturated carbocycles. The van der Waals surface area contributed by atoms with Gasteiger partial charge in [0.15, 0.2) is 0 Å². The molecule has 1 saturated heterocycles. The summed E-state index contributed by atoms with van der Waals surface area (Å²) in [6.07, 6.45) is 0.342. The summed E-state index contributed by atoms with van der Waals surface area (Å²) >= 11 is 0. The first-order chi connectivity index (χ1) is 16.5. The lowest BCUT2D eigenvalue weighted by Crippen LogP contribution is -2.56. The van der Waals surface area contributed by atoms with Crippen LogP contribution in [0.15, 0.2) is 91.0 Å². The van der Waals surface area contributed by atoms with E-state index in [0.29, 0.717) is 12.6 Å². The third-order valence-electron chi connectivity index (χ3n) is 6.85. The summed E-state index contributed by atoms with van der Waals surface area (Å²) in [6, 6.07) is 31.5. The number of nitrogens with zero attached hydrogens (tertiary/aromatic N) is 2. The second-order valence-corrected chi connectivity index (χ2v) is 9.58. The maximum absolute atomic E-state index is 13.5. The molecular formula is C30H36N2O2. The fourth-order valence-corrected chi connectivity index (χ4v) is 4.88. The van der Waals surface area contributed by atoms with Gasteiger partial charge >= 0.3 is 6.09 Å². The van der Waals surface area contributed by atoms with E-state index in [1.165, 1.54) is 11.1 Å². The zero-order chi connectivity index (χ0) is 23.9. The van der Waals surface area contributed by atoms with Crippen LogP contribution in [0.3, 0.4) is 0 Å². The first kappa shape index (κ1) is 24.0. The van der Waals surface area contributed by atoms with Crippen molar-refractivity contribution in [2.75, 3.05) is 19.6 Å². The summed E-state index contributed by atoms with van der Waals surface area (Å²) in [5.74, 6) is 0.193. The van der Waals surface area contributed by atoms with Crippen molar-refractivity contribution in [3.63, 3.8) is 0 Å². The van der Waals surface area contributed by atoms with Crippen molar-refractivity contribution in [1.29, 1.82) is 0 Å². The molecule has 4 rings (SSSR count). The number of benzene rings is 3. The van der Waals surface area contributed by atoms with Gasteiger partial charge in [-0.05, 0) is 36.0 Å². The van der Waals surface area contributed by atoms with Crippen LogP contribution in [0.2, 0.25) is 0 Å². The molecule has 0 spiro atoms. The molecule has 178 valence electrons. The zero-order valence-corrected chi connectivity index (χ0v) is 20.5. The largest absolute Gasteiger partial charge is 0.441 e. The molecular weight excluding hydrogens is 420 g/mol. The standard InChI is InChI=1S/C30H36N2O2/c1-23(2)29(27-17-11-6-12-18-27)34-30(33)32-20-19-31(24(3)26-15-9-5-10-16-26)22-28(32)21-25-13-7-4-8-14-25/h4-18,23-24,28-29H,19-22H2,1-3H3/t24-,28+,29-/m0/s1. The highest BCUT2D eigenvalue weighted by Crippen LogP contribution is 2.29. The Hall–Kier alpha value is -3.11. The molecule has 34 heavy (non-hydrogen) atoms. The maximum Gasteiger partial charge on any atom is 0.410 e. The van der Waals surface area contributed by atoms with Gasteiger partial charge in [-0.15, -0.1) is 0 Å². The van der Waals surface area contributed by atoms with E-state index in [0.717, 1.165) is 25.1 Å². The highest BCUT2D eigenvalue weighted by Gasteiger charge is 2.35. The summed E-state index contributed by atoms with van der Waals surface area (Å²) in [5, 5.41) is 0. The Morgan fingerprint density at radius 1 is 0.824 bits per heavy atom. The molecule has 4 nitrogen and oxygen atoms in total. The van der Waals surface area contributed by atoms with Crippen LogP contribution in [0, 0.1) is 5.92 Å². The normalized spacial score (nSPS) is 18.5. The molecule has 1 amide bonds. The molecule has 0 radical (unpaired) electrons. The molecule has 0 aliphatic carbocycles. The number of carbonyl (C=O) groups excluding carboxylic acids is 1. The molecule has 3 aromatic rings. The number of hydrogen-bond donors (Lipinski definition) is 0. The van der Waals surface area contributed by atoms with Crippen LogP contribution in [0.25, 0.3) is 0 Å². The molecule has 1 aliphatic rings. The molecule has 1 heterocycles. The molecule has 1 aliphatic heterocycles. The predicted octanol–water partition coefficient (Wildman–Crippen LogP) is 6.51. The van der Waals surface area contributed by atoms with E-state index in [1.807, 2.05) is 41.3 Å². The molecule has 0 unspecified atom stereocenters. The summed E-state index contributed by atoms with van der Waals surface area (Å²) in [7, 11) is 0. The van der Waals surface area contributed by atoms with E-state index in [-0.39, 0.29) is 24.2 Å². The van der Waals surface area contributed by atoms with Gasteiger partial charge in [0.2, 0.25) is 0 Å². The Morgan fingerprint density at radius 2 is 1.38 bits per heavy atom. The van der Waals surface area contributed by atoms with Gasteiger partial charge in [-0.1, -0.05) is 105 Å². The first-order valence-electron chi connectivity index (χ1n) is 12.4. The van der Waals surface area contributed by atoms with Crippen molar-refractivity contribution in [2.45, 2.75) is 45.4 Å². The number of ether oxygens (including phenoxy) is 1. The van der Waals surface area contributed by atoms with Crippen LogP contribution in [0.1, 0.15) is 49.6 Å². The fourth-order valence-electron chi connectivity index (χ4n) is 4.88. The third kappa shape index (κ3) is 5.87. The van der Waals surface area contributed by atoms with E-state index in [4.69, 9.17) is 4.74 Å². The van der Waals surface area contributed by atoms with Gasteiger partial charge in [-0.2, -0.15) is 0 Å². The van der Waals surface area contributed by atoms with Crippen LogP contribution in [-0.4, -0.2) is 41.6 Å². The summed E-state index contributed by atoms with van der Waals surface area (Å²) < 4.78 is 6.15. The number of amides is 1. The van der Waals surface area contributed by atoms with Crippen molar-refractivity contribution in [3.05, 3.63) is 108 Å². The fraction of sp³-hybridized carbons (Fsp3) is 0.367. The van der Waals surface area contributed by atoms with Crippen LogP contribution >= 0.6 is 0 Å². The first-order valence-corrected chi connectivity index (χ1v) is 12.4. The van der Waals surface area contributed by atoms with Crippen molar-refractivity contribution in [1.82, 2.24) is 9.80 Å². The summed E-state index contributed by atoms with van der Waals surface area (Å²) in [4.78, 5) is 18.0. The van der Waals surface area contributed by atoms with Gasteiger partial charge < -0.3 is 9.64 Å². The lowest BCUT2D eigenvalue weighted by molar-refractivity contribution is 0.00396. The molecule has 3 aromatic carbocycles. The highest BCUT2D eigenvalue weighted by atomic mass is 16.6. The van der Waals surface area contributed by atoms with Gasteiger partial charge in [-0.25, -0.2) is 4.79 Å². The topological polar surface area (TPSA) is 32.8 Å². The number of rotatable bonds is 7. The summed E-state index contributed by atoms with van der Waals surface area (Å²) in [5.41, 5.74) is 3.59. The van der Waals surface area contributed by atoms with E-state index in [1.54, 1.807) is 0 Å². The van der Waals surface area contributed by atoms with Gasteiger partial charge in [0.1, 0.15) is 6.10 Å². The lowest BCUT2D eigenvalue weighted by Gasteiger charge is -2.44. The van der Waals surface area contributed by atoms with Crippen molar-refractivity contribution in [3.8, 4) is 0 Å². The van der Waals surface area contributed by atoms with E-state index in [2.05, 4.69) is 80.3 Å². The molecule has 3 atom stereocenters. The van der Waals surface area contributed by atoms with Gasteiger partial charge in [0.05, 0.1) is 6.04 Å². The van der Waals surface area contributed by atoms with Crippen molar-refractivity contribution in [2.24, 2.45) is 5.92 Å². The average molecular weight is 457 g/mol. The maximum atomic E-state index is 13.5. The van der Waals surface area contributed by atoms with Crippen LogP contribution in [0.5, 0.6) is 0 Å². The molecule has 0 bridgehead atoms. The molecule has 0 aromatic heterocycles. The van der Waals surface area contributed by atoms with E-state index >= 15 is 0 Å². The number of carbonyl (C=O) groups is 1. The van der Waals surface area contributed by atoms with Crippen molar-refractivity contribution >= 4 is 6.09 Å². The Balaban J connectivity index is 1.53. The lowest BCUT2D eigenvalue weighted by atomic mass is 9.98. The van der Waals surface area contributed by atoms with Crippen LogP contribution < -0.4 is 0 Å². The molecule has 0 N–H and O–H groups in total. The van der Waals surface area contributed by atoms with Crippen LogP contribution in [-0.2, 0) is 11.2 Å². The highest BCUT2D eigenvalue weighted by molar-refractivity contribution is 5.69. The monoisotopic (exact) mass is 456 g/mol. The van der Waals surface area contributed by atoms with Gasteiger partial charge in [0.25, 0.3) is 0 Å². The number of piperazine rings is 1.